The zero-order valence-electron chi connectivity index (χ0n) is 12.6. The summed E-state index contributed by atoms with van der Waals surface area (Å²) >= 11 is 6.05. The van der Waals surface area contributed by atoms with Gasteiger partial charge >= 0.3 is 0 Å². The molecule has 3 rings (SSSR count). The minimum Gasteiger partial charge on any atom is -0.487 e. The molecule has 1 aliphatic rings. The van der Waals surface area contributed by atoms with Gasteiger partial charge < -0.3 is 9.64 Å². The Morgan fingerprint density at radius 3 is 3.05 bits per heavy atom. The molecule has 0 N–H and O–H groups in total. The predicted molar refractivity (Wildman–Crippen MR) is 85.4 cm³/mol. The Hall–Kier alpha value is -2.01. The van der Waals surface area contributed by atoms with Crippen molar-refractivity contribution >= 4 is 23.2 Å². The number of benzene rings is 1. The standard InChI is InChI=1S/C16H18ClN3O2/c1-11-9-20(14-7-13(17)4-5-15(14)22-11)16(21)6-3-12-8-18-19(2)10-12/h4-5,7-8,10-11H,3,6,9H2,1-2H3. The van der Waals surface area contributed by atoms with Crippen molar-refractivity contribution in [2.45, 2.75) is 25.9 Å². The van der Waals surface area contributed by atoms with Gasteiger partial charge in [-0.25, -0.2) is 0 Å². The third-order valence-corrected chi connectivity index (χ3v) is 3.90. The number of hydrogen-bond acceptors (Lipinski definition) is 3. The topological polar surface area (TPSA) is 47.4 Å². The molecule has 6 heteroatoms. The average molecular weight is 320 g/mol. The molecule has 1 unspecified atom stereocenters. The second kappa shape index (κ2) is 6.01. The van der Waals surface area contributed by atoms with Gasteiger partial charge in [0, 0.05) is 24.7 Å². The largest absolute Gasteiger partial charge is 0.487 e. The van der Waals surface area contributed by atoms with Crippen LogP contribution in [0.3, 0.4) is 0 Å². The molecule has 1 aromatic carbocycles. The van der Waals surface area contributed by atoms with Gasteiger partial charge in [-0.3, -0.25) is 9.48 Å². The first-order chi connectivity index (χ1) is 10.5. The van der Waals surface area contributed by atoms with E-state index in [9.17, 15) is 4.79 Å². The van der Waals surface area contributed by atoms with E-state index in [4.69, 9.17) is 16.3 Å². The summed E-state index contributed by atoms with van der Waals surface area (Å²) in [4.78, 5) is 14.4. The van der Waals surface area contributed by atoms with Crippen LogP contribution in [-0.2, 0) is 18.3 Å². The van der Waals surface area contributed by atoms with Crippen molar-refractivity contribution in [3.8, 4) is 5.75 Å². The lowest BCUT2D eigenvalue weighted by atomic mass is 10.1. The summed E-state index contributed by atoms with van der Waals surface area (Å²) < 4.78 is 7.51. The summed E-state index contributed by atoms with van der Waals surface area (Å²) in [5.41, 5.74) is 1.81. The van der Waals surface area contributed by atoms with Crippen LogP contribution in [0.5, 0.6) is 5.75 Å². The van der Waals surface area contributed by atoms with Crippen molar-refractivity contribution < 1.29 is 9.53 Å². The lowest BCUT2D eigenvalue weighted by molar-refractivity contribution is -0.119. The van der Waals surface area contributed by atoms with Gasteiger partial charge in [0.05, 0.1) is 18.4 Å². The molecule has 1 amide bonds. The van der Waals surface area contributed by atoms with Crippen molar-refractivity contribution in [1.29, 1.82) is 0 Å². The van der Waals surface area contributed by atoms with E-state index in [1.54, 1.807) is 27.9 Å². The molecular formula is C16H18ClN3O2. The van der Waals surface area contributed by atoms with Gasteiger partial charge in [0.25, 0.3) is 0 Å². The van der Waals surface area contributed by atoms with E-state index in [-0.39, 0.29) is 12.0 Å². The number of nitrogens with zero attached hydrogens (tertiary/aromatic N) is 3. The molecule has 0 saturated carbocycles. The van der Waals surface area contributed by atoms with Crippen molar-refractivity contribution in [3.63, 3.8) is 0 Å². The first-order valence-electron chi connectivity index (χ1n) is 7.27. The Kier molecular flexibility index (Phi) is 4.07. The van der Waals surface area contributed by atoms with E-state index in [0.29, 0.717) is 30.2 Å². The van der Waals surface area contributed by atoms with Crippen LogP contribution >= 0.6 is 11.6 Å². The number of amides is 1. The van der Waals surface area contributed by atoms with Gasteiger partial charge in [-0.05, 0) is 37.1 Å². The van der Waals surface area contributed by atoms with Crippen LogP contribution in [0.25, 0.3) is 0 Å². The normalized spacial score (nSPS) is 17.0. The SMILES string of the molecule is CC1CN(C(=O)CCc2cnn(C)c2)c2cc(Cl)ccc2O1. The van der Waals surface area contributed by atoms with Crippen LogP contribution in [-0.4, -0.2) is 28.3 Å². The summed E-state index contributed by atoms with van der Waals surface area (Å²) in [6, 6.07) is 5.37. The molecule has 0 aliphatic carbocycles. The number of anilines is 1. The Morgan fingerprint density at radius 1 is 1.50 bits per heavy atom. The number of aromatic nitrogens is 2. The van der Waals surface area contributed by atoms with Gasteiger partial charge in [0.1, 0.15) is 11.9 Å². The molecule has 0 radical (unpaired) electrons. The average Bonchev–Trinajstić information content (AvgIpc) is 2.90. The fourth-order valence-corrected chi connectivity index (χ4v) is 2.80. The molecule has 1 atom stereocenters. The Balaban J connectivity index is 1.76. The van der Waals surface area contributed by atoms with E-state index in [1.807, 2.05) is 26.2 Å². The van der Waals surface area contributed by atoms with Gasteiger partial charge in [0.15, 0.2) is 0 Å². The second-order valence-electron chi connectivity index (χ2n) is 5.57. The molecule has 0 fully saturated rings. The summed E-state index contributed by atoms with van der Waals surface area (Å²) in [5, 5.41) is 4.72. The van der Waals surface area contributed by atoms with Crippen molar-refractivity contribution in [2.75, 3.05) is 11.4 Å². The zero-order chi connectivity index (χ0) is 15.7. The van der Waals surface area contributed by atoms with Crippen LogP contribution in [0.2, 0.25) is 5.02 Å². The number of hydrogen-bond donors (Lipinski definition) is 0. The maximum atomic E-state index is 12.6. The van der Waals surface area contributed by atoms with Gasteiger partial charge in [0.2, 0.25) is 5.91 Å². The maximum absolute atomic E-state index is 12.6. The highest BCUT2D eigenvalue weighted by Crippen LogP contribution is 2.36. The van der Waals surface area contributed by atoms with Gasteiger partial charge in [-0.15, -0.1) is 0 Å². The highest BCUT2D eigenvalue weighted by Gasteiger charge is 2.27. The summed E-state index contributed by atoms with van der Waals surface area (Å²) in [6.07, 6.45) is 4.80. The Morgan fingerprint density at radius 2 is 2.32 bits per heavy atom. The minimum absolute atomic E-state index is 0.0315. The molecule has 1 aliphatic heterocycles. The smallest absolute Gasteiger partial charge is 0.227 e. The van der Waals surface area contributed by atoms with E-state index < -0.39 is 0 Å². The molecule has 5 nitrogen and oxygen atoms in total. The molecule has 116 valence electrons. The molecule has 2 heterocycles. The first-order valence-corrected chi connectivity index (χ1v) is 7.65. The fourth-order valence-electron chi connectivity index (χ4n) is 2.63. The number of carbonyl (C=O) groups excluding carboxylic acids is 1. The number of halogens is 1. The minimum atomic E-state index is -0.0315. The Bertz CT molecular complexity index is 698. The van der Waals surface area contributed by atoms with E-state index >= 15 is 0 Å². The zero-order valence-corrected chi connectivity index (χ0v) is 13.4. The number of aryl methyl sites for hydroxylation is 2. The van der Waals surface area contributed by atoms with E-state index in [2.05, 4.69) is 5.10 Å². The van der Waals surface area contributed by atoms with Crippen molar-refractivity contribution in [1.82, 2.24) is 9.78 Å². The lowest BCUT2D eigenvalue weighted by Gasteiger charge is -2.33. The Labute approximate surface area is 134 Å². The summed E-state index contributed by atoms with van der Waals surface area (Å²) in [7, 11) is 1.87. The monoisotopic (exact) mass is 319 g/mol. The van der Waals surface area contributed by atoms with E-state index in [1.165, 1.54) is 0 Å². The summed E-state index contributed by atoms with van der Waals surface area (Å²) in [5.74, 6) is 0.778. The van der Waals surface area contributed by atoms with Crippen LogP contribution in [0, 0.1) is 0 Å². The molecule has 0 bridgehead atoms. The quantitative estimate of drug-likeness (QED) is 0.874. The molecule has 1 aromatic heterocycles. The highest BCUT2D eigenvalue weighted by atomic mass is 35.5. The third-order valence-electron chi connectivity index (χ3n) is 3.67. The number of ether oxygens (including phenoxy) is 1. The van der Waals surface area contributed by atoms with E-state index in [0.717, 1.165) is 11.3 Å². The molecule has 0 spiro atoms. The summed E-state index contributed by atoms with van der Waals surface area (Å²) in [6.45, 7) is 2.50. The van der Waals surface area contributed by atoms with Gasteiger partial charge in [-0.2, -0.15) is 5.10 Å². The fraction of sp³-hybridized carbons (Fsp3) is 0.375. The van der Waals surface area contributed by atoms with Crippen molar-refractivity contribution in [2.24, 2.45) is 7.05 Å². The van der Waals surface area contributed by atoms with Crippen LogP contribution in [0.1, 0.15) is 18.9 Å². The second-order valence-corrected chi connectivity index (χ2v) is 6.00. The van der Waals surface area contributed by atoms with Crippen LogP contribution in [0.15, 0.2) is 30.6 Å². The number of rotatable bonds is 3. The van der Waals surface area contributed by atoms with Crippen molar-refractivity contribution in [3.05, 3.63) is 41.2 Å². The van der Waals surface area contributed by atoms with Crippen LogP contribution < -0.4 is 9.64 Å². The molecule has 0 saturated heterocycles. The van der Waals surface area contributed by atoms with Crippen LogP contribution in [0.4, 0.5) is 5.69 Å². The first kappa shape index (κ1) is 14.9. The number of carbonyl (C=O) groups is 1. The molecular weight excluding hydrogens is 302 g/mol. The third kappa shape index (κ3) is 3.09. The lowest BCUT2D eigenvalue weighted by Crippen LogP contribution is -2.42. The highest BCUT2D eigenvalue weighted by molar-refractivity contribution is 6.31. The molecule has 2 aromatic rings. The number of fused-ring (bicyclic) bond motifs is 1. The van der Waals surface area contributed by atoms with Gasteiger partial charge in [-0.1, -0.05) is 11.6 Å². The molecule has 22 heavy (non-hydrogen) atoms. The predicted octanol–water partition coefficient (Wildman–Crippen LogP) is 2.82. The maximum Gasteiger partial charge on any atom is 0.227 e.